The Hall–Kier alpha value is -4.72. The molecule has 0 bridgehead atoms. The van der Waals surface area contributed by atoms with Crippen LogP contribution in [-0.2, 0) is 0 Å². The van der Waals surface area contributed by atoms with Crippen molar-refractivity contribution in [2.45, 2.75) is 0 Å². The maximum absolute atomic E-state index is 2.33. The number of hydrogen-bond donors (Lipinski definition) is 0. The molecule has 8 aromatic rings. The van der Waals surface area contributed by atoms with Crippen molar-refractivity contribution in [3.63, 3.8) is 0 Å². The third-order valence-corrected chi connectivity index (χ3v) is 9.09. The van der Waals surface area contributed by atoms with Gasteiger partial charge in [-0.1, -0.05) is 127 Å². The summed E-state index contributed by atoms with van der Waals surface area (Å²) < 4.78 is 2.70. The zero-order valence-electron chi connectivity index (χ0n) is 21.3. The average Bonchev–Trinajstić information content (AvgIpc) is 3.40. The lowest BCUT2D eigenvalue weighted by molar-refractivity contribution is 1.60. The van der Waals surface area contributed by atoms with Crippen molar-refractivity contribution in [1.29, 1.82) is 0 Å². The highest BCUT2D eigenvalue weighted by Gasteiger charge is 2.12. The van der Waals surface area contributed by atoms with Crippen LogP contribution in [0, 0.1) is 0 Å². The topological polar surface area (TPSA) is 0 Å². The summed E-state index contributed by atoms with van der Waals surface area (Å²) in [5, 5.41) is 7.86. The summed E-state index contributed by atoms with van der Waals surface area (Å²) in [4.78, 5) is 0. The van der Waals surface area contributed by atoms with E-state index in [1.807, 2.05) is 11.3 Å². The molecule has 0 spiro atoms. The SMILES string of the molecule is c1cc(-c2ccc(-c3cc4ccccc4c4ccccc34)cc2)cc(-c2cccc3c2sc2ccccc23)c1. The van der Waals surface area contributed by atoms with Crippen LogP contribution in [0.1, 0.15) is 0 Å². The average molecular weight is 513 g/mol. The molecule has 39 heavy (non-hydrogen) atoms. The number of hydrogen-bond acceptors (Lipinski definition) is 1. The van der Waals surface area contributed by atoms with Gasteiger partial charge in [-0.2, -0.15) is 0 Å². The van der Waals surface area contributed by atoms with E-state index >= 15 is 0 Å². The normalized spacial score (nSPS) is 11.6. The standard InChI is InChI=1S/C38H24S/c1-2-12-30-29(9-1)24-36(33-14-4-3-13-32(30)33)26-21-19-25(20-22-26)27-10-7-11-28(23-27)31-16-8-17-35-34-15-5-6-18-37(34)39-38(31)35/h1-24H. The van der Waals surface area contributed by atoms with Crippen LogP contribution in [0.4, 0.5) is 0 Å². The third kappa shape index (κ3) is 3.66. The number of benzene rings is 7. The quantitative estimate of drug-likeness (QED) is 0.207. The van der Waals surface area contributed by atoms with Crippen LogP contribution in [0.2, 0.25) is 0 Å². The summed E-state index contributed by atoms with van der Waals surface area (Å²) in [6, 6.07) is 53.2. The van der Waals surface area contributed by atoms with E-state index in [1.165, 1.54) is 75.1 Å². The van der Waals surface area contributed by atoms with Crippen LogP contribution in [0.5, 0.6) is 0 Å². The van der Waals surface area contributed by atoms with Crippen molar-refractivity contribution >= 4 is 53.1 Å². The van der Waals surface area contributed by atoms with E-state index in [-0.39, 0.29) is 0 Å². The van der Waals surface area contributed by atoms with Crippen LogP contribution >= 0.6 is 11.3 Å². The highest BCUT2D eigenvalue weighted by Crippen LogP contribution is 2.41. The summed E-state index contributed by atoms with van der Waals surface area (Å²) in [5.41, 5.74) is 7.55. The monoisotopic (exact) mass is 512 g/mol. The second kappa shape index (κ2) is 8.94. The molecule has 182 valence electrons. The molecule has 0 saturated carbocycles. The predicted molar refractivity (Wildman–Crippen MR) is 171 cm³/mol. The second-order valence-electron chi connectivity index (χ2n) is 10.1. The molecule has 0 aliphatic heterocycles. The molecule has 0 unspecified atom stereocenters. The Bertz CT molecular complexity index is 2160. The van der Waals surface area contributed by atoms with Crippen molar-refractivity contribution in [3.8, 4) is 33.4 Å². The Kier molecular flexibility index (Phi) is 5.11. The van der Waals surface area contributed by atoms with Gasteiger partial charge in [0.05, 0.1) is 0 Å². The molecule has 0 amide bonds. The molecule has 0 fully saturated rings. The summed E-state index contributed by atoms with van der Waals surface area (Å²) in [6.45, 7) is 0. The van der Waals surface area contributed by atoms with Crippen LogP contribution in [0.25, 0.3) is 75.1 Å². The van der Waals surface area contributed by atoms with E-state index < -0.39 is 0 Å². The van der Waals surface area contributed by atoms with Crippen molar-refractivity contribution in [1.82, 2.24) is 0 Å². The lowest BCUT2D eigenvalue weighted by Gasteiger charge is -2.12. The number of rotatable bonds is 3. The third-order valence-electron chi connectivity index (χ3n) is 7.88. The molecule has 0 nitrogen and oxygen atoms in total. The van der Waals surface area contributed by atoms with Crippen LogP contribution in [0.3, 0.4) is 0 Å². The fourth-order valence-corrected chi connectivity index (χ4v) is 7.21. The van der Waals surface area contributed by atoms with Gasteiger partial charge in [-0.15, -0.1) is 11.3 Å². The lowest BCUT2D eigenvalue weighted by Crippen LogP contribution is -1.86. The maximum Gasteiger partial charge on any atom is 0.0433 e. The first-order valence-electron chi connectivity index (χ1n) is 13.4. The molecule has 1 aromatic heterocycles. The van der Waals surface area contributed by atoms with Crippen molar-refractivity contribution in [3.05, 3.63) is 146 Å². The van der Waals surface area contributed by atoms with E-state index in [1.54, 1.807) is 0 Å². The van der Waals surface area contributed by atoms with E-state index in [0.717, 1.165) is 0 Å². The molecule has 0 saturated heterocycles. The van der Waals surface area contributed by atoms with E-state index in [4.69, 9.17) is 0 Å². The molecule has 8 rings (SSSR count). The van der Waals surface area contributed by atoms with Gasteiger partial charge in [0.15, 0.2) is 0 Å². The van der Waals surface area contributed by atoms with Gasteiger partial charge in [0.2, 0.25) is 0 Å². The Morgan fingerprint density at radius 1 is 0.333 bits per heavy atom. The van der Waals surface area contributed by atoms with Crippen LogP contribution in [-0.4, -0.2) is 0 Å². The Labute approximate surface area is 231 Å². The van der Waals surface area contributed by atoms with Crippen molar-refractivity contribution in [2.75, 3.05) is 0 Å². The van der Waals surface area contributed by atoms with Gasteiger partial charge in [-0.25, -0.2) is 0 Å². The largest absolute Gasteiger partial charge is 0.135 e. The van der Waals surface area contributed by atoms with E-state index in [0.29, 0.717) is 0 Å². The fourth-order valence-electron chi connectivity index (χ4n) is 5.98. The van der Waals surface area contributed by atoms with Crippen LogP contribution in [0.15, 0.2) is 146 Å². The van der Waals surface area contributed by atoms with Gasteiger partial charge in [-0.3, -0.25) is 0 Å². The highest BCUT2D eigenvalue weighted by molar-refractivity contribution is 7.26. The maximum atomic E-state index is 2.33. The highest BCUT2D eigenvalue weighted by atomic mass is 32.1. The predicted octanol–water partition coefficient (Wildman–Crippen LogP) is 11.4. The minimum absolute atomic E-state index is 1.23. The minimum atomic E-state index is 1.23. The zero-order valence-corrected chi connectivity index (χ0v) is 22.1. The molecule has 1 heterocycles. The molecule has 7 aromatic carbocycles. The molecular formula is C38H24S. The Balaban J connectivity index is 1.21. The first-order valence-corrected chi connectivity index (χ1v) is 14.2. The molecular weight excluding hydrogens is 488 g/mol. The summed E-state index contributed by atoms with van der Waals surface area (Å²) in [5.74, 6) is 0. The smallest absolute Gasteiger partial charge is 0.0433 e. The number of thiophene rings is 1. The second-order valence-corrected chi connectivity index (χ2v) is 11.2. The molecule has 0 atom stereocenters. The van der Waals surface area contributed by atoms with Gasteiger partial charge >= 0.3 is 0 Å². The van der Waals surface area contributed by atoms with Gasteiger partial charge in [0, 0.05) is 20.2 Å². The van der Waals surface area contributed by atoms with E-state index in [9.17, 15) is 0 Å². The van der Waals surface area contributed by atoms with Gasteiger partial charge in [-0.05, 0) is 73.1 Å². The first kappa shape index (κ1) is 22.3. The van der Waals surface area contributed by atoms with Crippen LogP contribution < -0.4 is 0 Å². The summed E-state index contributed by atoms with van der Waals surface area (Å²) in [6.07, 6.45) is 0. The van der Waals surface area contributed by atoms with Gasteiger partial charge in [0.1, 0.15) is 0 Å². The molecule has 0 aliphatic rings. The zero-order chi connectivity index (χ0) is 25.8. The van der Waals surface area contributed by atoms with Gasteiger partial charge in [0.25, 0.3) is 0 Å². The van der Waals surface area contributed by atoms with E-state index in [2.05, 4.69) is 146 Å². The number of fused-ring (bicyclic) bond motifs is 6. The first-order chi connectivity index (χ1) is 19.3. The lowest BCUT2D eigenvalue weighted by atomic mass is 9.92. The molecule has 1 heteroatoms. The summed E-state index contributed by atoms with van der Waals surface area (Å²) >= 11 is 1.89. The molecule has 0 aliphatic carbocycles. The molecule has 0 N–H and O–H groups in total. The van der Waals surface area contributed by atoms with Crippen molar-refractivity contribution < 1.29 is 0 Å². The minimum Gasteiger partial charge on any atom is -0.135 e. The fraction of sp³-hybridized carbons (Fsp3) is 0. The van der Waals surface area contributed by atoms with Gasteiger partial charge < -0.3 is 0 Å². The summed E-state index contributed by atoms with van der Waals surface area (Å²) in [7, 11) is 0. The Morgan fingerprint density at radius 2 is 0.974 bits per heavy atom. The Morgan fingerprint density at radius 3 is 1.85 bits per heavy atom. The molecule has 0 radical (unpaired) electrons. The van der Waals surface area contributed by atoms with Crippen molar-refractivity contribution in [2.24, 2.45) is 0 Å².